The van der Waals surface area contributed by atoms with Gasteiger partial charge in [-0.3, -0.25) is 9.59 Å². The minimum atomic E-state index is -0.0225. The van der Waals surface area contributed by atoms with Gasteiger partial charge in [0.2, 0.25) is 0 Å². The van der Waals surface area contributed by atoms with Crippen molar-refractivity contribution in [3.63, 3.8) is 0 Å². The molecular formula is C35H35N7O3. The Morgan fingerprint density at radius 2 is 1.93 bits per heavy atom. The van der Waals surface area contributed by atoms with Crippen LogP contribution in [0.25, 0.3) is 44.8 Å². The van der Waals surface area contributed by atoms with Gasteiger partial charge in [0, 0.05) is 60.8 Å². The number of likely N-dealkylation sites (tertiary alicyclic amines) is 1. The zero-order valence-electron chi connectivity index (χ0n) is 25.4. The molecule has 2 bridgehead atoms. The SMILES string of the molecule is COc1cc(C(=O)N2C[C@H]3CC[C@@H]2[C@@H]3N)cc2nc(-c3cc4ccc(-c5ccc6c(c5)CNC6=O)nc4n3CC3CC3)n(C)c12. The van der Waals surface area contributed by atoms with Crippen molar-refractivity contribution in [3.8, 4) is 28.5 Å². The number of rotatable bonds is 6. The summed E-state index contributed by atoms with van der Waals surface area (Å²) >= 11 is 0. The average Bonchev–Trinajstić information content (AvgIpc) is 3.26. The van der Waals surface area contributed by atoms with Gasteiger partial charge in [0.05, 0.1) is 24.0 Å². The molecule has 1 saturated heterocycles. The van der Waals surface area contributed by atoms with E-state index in [1.165, 1.54) is 12.8 Å². The molecule has 10 heteroatoms. The van der Waals surface area contributed by atoms with Gasteiger partial charge in [-0.25, -0.2) is 9.97 Å². The maximum absolute atomic E-state index is 13.7. The number of methoxy groups -OCH3 is 1. The first kappa shape index (κ1) is 26.7. The van der Waals surface area contributed by atoms with Gasteiger partial charge in [-0.1, -0.05) is 6.07 Å². The fourth-order valence-electron chi connectivity index (χ4n) is 7.87. The first-order chi connectivity index (χ1) is 21.9. The maximum Gasteiger partial charge on any atom is 0.254 e. The largest absolute Gasteiger partial charge is 0.494 e. The summed E-state index contributed by atoms with van der Waals surface area (Å²) in [6, 6.07) is 16.2. The van der Waals surface area contributed by atoms with E-state index in [4.69, 9.17) is 20.4 Å². The number of nitrogens with two attached hydrogens (primary N) is 1. The molecule has 5 aromatic rings. The Bertz CT molecular complexity index is 2070. The van der Waals surface area contributed by atoms with E-state index in [2.05, 4.69) is 32.7 Å². The molecule has 45 heavy (non-hydrogen) atoms. The molecule has 3 atom stereocenters. The van der Waals surface area contributed by atoms with Crippen molar-refractivity contribution in [2.24, 2.45) is 24.6 Å². The number of fused-ring (bicyclic) bond motifs is 5. The predicted molar refractivity (Wildman–Crippen MR) is 171 cm³/mol. The number of ether oxygens (including phenoxy) is 1. The number of amides is 2. The first-order valence-electron chi connectivity index (χ1n) is 15.9. The Hall–Kier alpha value is -4.70. The lowest BCUT2D eigenvalue weighted by Gasteiger charge is -2.27. The van der Waals surface area contributed by atoms with Gasteiger partial charge < -0.3 is 29.8 Å². The third-order valence-corrected chi connectivity index (χ3v) is 10.5. The summed E-state index contributed by atoms with van der Waals surface area (Å²) in [6.07, 6.45) is 4.47. The smallest absolute Gasteiger partial charge is 0.254 e. The molecule has 0 unspecified atom stereocenters. The van der Waals surface area contributed by atoms with Gasteiger partial charge in [0.15, 0.2) is 5.82 Å². The summed E-state index contributed by atoms with van der Waals surface area (Å²) in [4.78, 5) is 38.1. The Morgan fingerprint density at radius 1 is 1.07 bits per heavy atom. The summed E-state index contributed by atoms with van der Waals surface area (Å²) < 4.78 is 10.2. The predicted octanol–water partition coefficient (Wildman–Crippen LogP) is 4.48. The van der Waals surface area contributed by atoms with E-state index in [1.807, 2.05) is 42.3 Å². The summed E-state index contributed by atoms with van der Waals surface area (Å²) in [6.45, 7) is 2.12. The third kappa shape index (κ3) is 4.04. The van der Waals surface area contributed by atoms with E-state index in [0.717, 1.165) is 81.9 Å². The van der Waals surface area contributed by atoms with Gasteiger partial charge in [-0.2, -0.15) is 0 Å². The van der Waals surface area contributed by atoms with Crippen LogP contribution in [-0.4, -0.2) is 61.6 Å². The number of pyridine rings is 1. The maximum atomic E-state index is 13.7. The molecule has 228 valence electrons. The molecule has 2 aromatic carbocycles. The van der Waals surface area contributed by atoms with Crippen LogP contribution in [0.5, 0.6) is 5.75 Å². The second-order valence-corrected chi connectivity index (χ2v) is 13.2. The summed E-state index contributed by atoms with van der Waals surface area (Å²) in [7, 11) is 3.65. The second-order valence-electron chi connectivity index (χ2n) is 13.2. The van der Waals surface area contributed by atoms with Crippen LogP contribution in [0.2, 0.25) is 0 Å². The standard InChI is InChI=1S/C35H35N7O3/c1-40-31-26(12-22(14-29(31)45-2)35(44)42-17-21-7-10-27(42)30(21)36)39-33(40)28-13-20-6-9-25(38-32(20)41(28)16-18-3-4-18)19-5-8-24-23(11-19)15-37-34(24)43/h5-6,8-9,11-14,18,21,27,30H,3-4,7,10,15-17,36H2,1-2H3,(H,37,43)/t21-,27-,30-/m1/s1. The Labute approximate surface area is 260 Å². The minimum Gasteiger partial charge on any atom is -0.494 e. The van der Waals surface area contributed by atoms with Gasteiger partial charge in [0.25, 0.3) is 11.8 Å². The zero-order chi connectivity index (χ0) is 30.6. The lowest BCUT2D eigenvalue weighted by molar-refractivity contribution is 0.0700. The van der Waals surface area contributed by atoms with E-state index in [1.54, 1.807) is 7.11 Å². The topological polar surface area (TPSA) is 120 Å². The lowest BCUT2D eigenvalue weighted by Crippen LogP contribution is -2.41. The number of aryl methyl sites for hydroxylation is 1. The molecule has 3 aromatic heterocycles. The van der Waals surface area contributed by atoms with Crippen molar-refractivity contribution in [2.75, 3.05) is 13.7 Å². The summed E-state index contributed by atoms with van der Waals surface area (Å²) in [5.41, 5.74) is 14.1. The Kier molecular flexibility index (Phi) is 5.72. The molecular weight excluding hydrogens is 566 g/mol. The monoisotopic (exact) mass is 601 g/mol. The third-order valence-electron chi connectivity index (χ3n) is 10.5. The number of hydrogen-bond acceptors (Lipinski definition) is 6. The van der Waals surface area contributed by atoms with Crippen LogP contribution in [0.3, 0.4) is 0 Å². The Balaban J connectivity index is 1.15. The molecule has 3 fully saturated rings. The van der Waals surface area contributed by atoms with Crippen LogP contribution in [-0.2, 0) is 20.1 Å². The highest BCUT2D eigenvalue weighted by molar-refractivity contribution is 6.01. The quantitative estimate of drug-likeness (QED) is 0.296. The van der Waals surface area contributed by atoms with E-state index >= 15 is 0 Å². The number of aromatic nitrogens is 4. The molecule has 3 N–H and O–H groups in total. The normalized spacial score (nSPS) is 22.1. The number of benzene rings is 2. The summed E-state index contributed by atoms with van der Waals surface area (Å²) in [5, 5.41) is 3.94. The van der Waals surface area contributed by atoms with Gasteiger partial charge in [-0.05, 0) is 85.5 Å². The van der Waals surface area contributed by atoms with Crippen LogP contribution >= 0.6 is 0 Å². The number of piperidine rings is 1. The molecule has 9 rings (SSSR count). The van der Waals surface area contributed by atoms with Crippen molar-refractivity contribution in [1.29, 1.82) is 0 Å². The number of carbonyl (C=O) groups excluding carboxylic acids is 2. The van der Waals surface area contributed by atoms with E-state index < -0.39 is 0 Å². The summed E-state index contributed by atoms with van der Waals surface area (Å²) in [5.74, 6) is 2.40. The molecule has 10 nitrogen and oxygen atoms in total. The van der Waals surface area contributed by atoms with Gasteiger partial charge >= 0.3 is 0 Å². The highest BCUT2D eigenvalue weighted by Gasteiger charge is 2.47. The van der Waals surface area contributed by atoms with Crippen LogP contribution < -0.4 is 15.8 Å². The van der Waals surface area contributed by atoms with Crippen LogP contribution in [0.15, 0.2) is 48.5 Å². The molecule has 4 aliphatic rings. The first-order valence-corrected chi connectivity index (χ1v) is 15.9. The van der Waals surface area contributed by atoms with Crippen LogP contribution in [0.4, 0.5) is 0 Å². The molecule has 0 radical (unpaired) electrons. The van der Waals surface area contributed by atoms with E-state index in [-0.39, 0.29) is 23.9 Å². The second kappa shape index (κ2) is 9.65. The molecule has 2 saturated carbocycles. The van der Waals surface area contributed by atoms with Crippen LogP contribution in [0, 0.1) is 11.8 Å². The van der Waals surface area contributed by atoms with Crippen molar-refractivity contribution in [1.82, 2.24) is 29.3 Å². The van der Waals surface area contributed by atoms with E-state index in [0.29, 0.717) is 29.7 Å². The lowest BCUT2D eigenvalue weighted by atomic mass is 10.0. The fraction of sp³-hybridized carbons (Fsp3) is 0.371. The highest BCUT2D eigenvalue weighted by atomic mass is 16.5. The number of carbonyl (C=O) groups is 2. The number of nitrogens with zero attached hydrogens (tertiary/aromatic N) is 5. The van der Waals surface area contributed by atoms with Crippen molar-refractivity contribution < 1.29 is 14.3 Å². The van der Waals surface area contributed by atoms with Crippen LogP contribution in [0.1, 0.15) is 52.0 Å². The zero-order valence-corrected chi connectivity index (χ0v) is 25.4. The van der Waals surface area contributed by atoms with E-state index in [9.17, 15) is 9.59 Å². The fourth-order valence-corrected chi connectivity index (χ4v) is 7.87. The van der Waals surface area contributed by atoms with Crippen molar-refractivity contribution in [2.45, 2.75) is 50.9 Å². The average molecular weight is 602 g/mol. The minimum absolute atomic E-state index is 0.00340. The van der Waals surface area contributed by atoms with Crippen molar-refractivity contribution >= 4 is 33.9 Å². The molecule has 2 aliphatic heterocycles. The van der Waals surface area contributed by atoms with Crippen molar-refractivity contribution in [3.05, 3.63) is 65.2 Å². The number of imidazole rings is 1. The molecule has 2 amide bonds. The molecule has 5 heterocycles. The Morgan fingerprint density at radius 3 is 2.69 bits per heavy atom. The number of nitrogens with one attached hydrogen (secondary N) is 1. The molecule has 0 spiro atoms. The number of hydrogen-bond donors (Lipinski definition) is 2. The highest BCUT2D eigenvalue weighted by Crippen LogP contribution is 2.40. The molecule has 2 aliphatic carbocycles. The van der Waals surface area contributed by atoms with Gasteiger partial charge in [-0.15, -0.1) is 0 Å². The van der Waals surface area contributed by atoms with Gasteiger partial charge in [0.1, 0.15) is 16.9 Å².